The van der Waals surface area contributed by atoms with Gasteiger partial charge in [0.15, 0.2) is 0 Å². The van der Waals surface area contributed by atoms with E-state index >= 15 is 0 Å². The van der Waals surface area contributed by atoms with Crippen molar-refractivity contribution in [1.82, 2.24) is 14.9 Å². The van der Waals surface area contributed by atoms with Gasteiger partial charge in [-0.1, -0.05) is 0 Å². The van der Waals surface area contributed by atoms with Crippen molar-refractivity contribution < 1.29 is 18.3 Å². The van der Waals surface area contributed by atoms with Gasteiger partial charge < -0.3 is 9.84 Å². The van der Waals surface area contributed by atoms with Gasteiger partial charge in [0.05, 0.1) is 18.4 Å². The SMILES string of the molecule is COC1CCCC1NS(=O)(=O)c1c(CO)n[nH]c1C. The molecule has 7 nitrogen and oxygen atoms in total. The van der Waals surface area contributed by atoms with Gasteiger partial charge in [0.25, 0.3) is 0 Å². The zero-order valence-electron chi connectivity index (χ0n) is 11.0. The van der Waals surface area contributed by atoms with Crippen LogP contribution in [0.2, 0.25) is 0 Å². The first-order valence-corrected chi connectivity index (χ1v) is 7.67. The highest BCUT2D eigenvalue weighted by Gasteiger charge is 2.33. The topological polar surface area (TPSA) is 104 Å². The number of nitrogens with one attached hydrogen (secondary N) is 2. The number of ether oxygens (including phenoxy) is 1. The molecule has 19 heavy (non-hydrogen) atoms. The second-order valence-electron chi connectivity index (χ2n) is 4.72. The molecule has 0 aliphatic heterocycles. The van der Waals surface area contributed by atoms with Crippen molar-refractivity contribution in [3.8, 4) is 0 Å². The summed E-state index contributed by atoms with van der Waals surface area (Å²) in [4.78, 5) is 0.0387. The monoisotopic (exact) mass is 289 g/mol. The number of methoxy groups -OCH3 is 1. The summed E-state index contributed by atoms with van der Waals surface area (Å²) in [5, 5.41) is 15.5. The van der Waals surface area contributed by atoms with E-state index in [4.69, 9.17) is 9.84 Å². The predicted molar refractivity (Wildman–Crippen MR) is 68.0 cm³/mol. The number of rotatable bonds is 5. The molecule has 1 saturated carbocycles. The van der Waals surface area contributed by atoms with Crippen LogP contribution in [0.4, 0.5) is 0 Å². The Morgan fingerprint density at radius 3 is 2.89 bits per heavy atom. The molecule has 1 fully saturated rings. The fraction of sp³-hybridized carbons (Fsp3) is 0.727. The van der Waals surface area contributed by atoms with Gasteiger partial charge in [0.1, 0.15) is 10.6 Å². The van der Waals surface area contributed by atoms with E-state index in [0.717, 1.165) is 19.3 Å². The second-order valence-corrected chi connectivity index (χ2v) is 6.37. The van der Waals surface area contributed by atoms with E-state index in [2.05, 4.69) is 14.9 Å². The highest BCUT2D eigenvalue weighted by molar-refractivity contribution is 7.89. The van der Waals surface area contributed by atoms with Crippen molar-refractivity contribution in [2.45, 2.75) is 49.8 Å². The summed E-state index contributed by atoms with van der Waals surface area (Å²) in [6.45, 7) is 1.20. The molecule has 2 atom stereocenters. The molecule has 2 rings (SSSR count). The molecule has 1 aromatic rings. The number of sulfonamides is 1. The summed E-state index contributed by atoms with van der Waals surface area (Å²) in [6, 6.07) is -0.226. The van der Waals surface area contributed by atoms with Gasteiger partial charge >= 0.3 is 0 Å². The van der Waals surface area contributed by atoms with Crippen LogP contribution in [0.5, 0.6) is 0 Å². The number of nitrogens with zero attached hydrogens (tertiary/aromatic N) is 1. The smallest absolute Gasteiger partial charge is 0.244 e. The molecule has 0 saturated heterocycles. The summed E-state index contributed by atoms with van der Waals surface area (Å²) in [6.07, 6.45) is 2.44. The Bertz CT molecular complexity index is 540. The molecule has 0 amide bonds. The molecule has 0 radical (unpaired) electrons. The number of H-pyrrole nitrogens is 1. The van der Waals surface area contributed by atoms with Crippen LogP contribution in [0.3, 0.4) is 0 Å². The Balaban J connectivity index is 2.25. The lowest BCUT2D eigenvalue weighted by Gasteiger charge is -2.19. The lowest BCUT2D eigenvalue weighted by Crippen LogP contribution is -2.41. The first-order valence-electron chi connectivity index (χ1n) is 6.19. The third-order valence-electron chi connectivity index (χ3n) is 3.44. The second kappa shape index (κ2) is 5.58. The Morgan fingerprint density at radius 2 is 2.26 bits per heavy atom. The van der Waals surface area contributed by atoms with E-state index in [0.29, 0.717) is 5.69 Å². The maximum Gasteiger partial charge on any atom is 0.244 e. The number of aryl methyl sites for hydroxylation is 1. The molecule has 108 valence electrons. The Kier molecular flexibility index (Phi) is 4.24. The average Bonchev–Trinajstić information content (AvgIpc) is 2.94. The molecule has 0 spiro atoms. The van der Waals surface area contributed by atoms with Gasteiger partial charge in [0, 0.05) is 13.2 Å². The molecule has 1 aliphatic carbocycles. The first kappa shape index (κ1) is 14.4. The fourth-order valence-electron chi connectivity index (χ4n) is 2.53. The number of aromatic nitrogens is 2. The van der Waals surface area contributed by atoms with Gasteiger partial charge in [-0.05, 0) is 26.2 Å². The molecule has 1 aliphatic rings. The fourth-order valence-corrected chi connectivity index (χ4v) is 4.19. The van der Waals surface area contributed by atoms with Gasteiger partial charge in [0.2, 0.25) is 10.0 Å². The van der Waals surface area contributed by atoms with Crippen molar-refractivity contribution in [3.63, 3.8) is 0 Å². The highest BCUT2D eigenvalue weighted by Crippen LogP contribution is 2.25. The lowest BCUT2D eigenvalue weighted by molar-refractivity contribution is 0.0916. The normalized spacial score (nSPS) is 23.9. The Labute approximate surface area is 112 Å². The van der Waals surface area contributed by atoms with E-state index in [9.17, 15) is 8.42 Å². The third kappa shape index (κ3) is 2.81. The van der Waals surface area contributed by atoms with Gasteiger partial charge in [-0.25, -0.2) is 13.1 Å². The number of hydrogen-bond donors (Lipinski definition) is 3. The molecule has 1 heterocycles. The van der Waals surface area contributed by atoms with Crippen LogP contribution in [0, 0.1) is 6.92 Å². The molecule has 1 aromatic heterocycles. The number of aliphatic hydroxyl groups excluding tert-OH is 1. The van der Waals surface area contributed by atoms with Crippen LogP contribution in [0.15, 0.2) is 4.90 Å². The van der Waals surface area contributed by atoms with Crippen LogP contribution in [-0.2, 0) is 21.4 Å². The van der Waals surface area contributed by atoms with E-state index in [1.807, 2.05) is 0 Å². The first-order chi connectivity index (χ1) is 8.99. The molecule has 8 heteroatoms. The zero-order chi connectivity index (χ0) is 14.0. The number of aliphatic hydroxyl groups is 1. The standard InChI is InChI=1S/C11H19N3O4S/c1-7-11(9(6-15)13-12-7)19(16,17)14-8-4-3-5-10(8)18-2/h8,10,14-15H,3-6H2,1-2H3,(H,12,13). The van der Waals surface area contributed by atoms with Crippen LogP contribution in [0.1, 0.15) is 30.7 Å². The van der Waals surface area contributed by atoms with Crippen LogP contribution < -0.4 is 4.72 Å². The van der Waals surface area contributed by atoms with Crippen LogP contribution in [0.25, 0.3) is 0 Å². The minimum atomic E-state index is -3.70. The number of aromatic amines is 1. The van der Waals surface area contributed by atoms with Crippen LogP contribution >= 0.6 is 0 Å². The largest absolute Gasteiger partial charge is 0.390 e. The maximum absolute atomic E-state index is 12.4. The van der Waals surface area contributed by atoms with Crippen molar-refractivity contribution in [2.75, 3.05) is 7.11 Å². The molecular formula is C11H19N3O4S. The molecule has 0 aromatic carbocycles. The van der Waals surface area contributed by atoms with Crippen molar-refractivity contribution in [3.05, 3.63) is 11.4 Å². The van der Waals surface area contributed by atoms with E-state index in [1.165, 1.54) is 0 Å². The summed E-state index contributed by atoms with van der Waals surface area (Å²) < 4.78 is 32.7. The summed E-state index contributed by atoms with van der Waals surface area (Å²) in [7, 11) is -2.12. The minimum absolute atomic E-state index is 0.0387. The predicted octanol–water partition coefficient (Wildman–Crippen LogP) is 0.0562. The number of hydrogen-bond acceptors (Lipinski definition) is 5. The molecular weight excluding hydrogens is 270 g/mol. The molecule has 0 bridgehead atoms. The van der Waals surface area contributed by atoms with E-state index in [-0.39, 0.29) is 22.7 Å². The summed E-state index contributed by atoms with van der Waals surface area (Å²) in [5.74, 6) is 0. The molecule has 2 unspecified atom stereocenters. The lowest BCUT2D eigenvalue weighted by atomic mass is 10.2. The summed E-state index contributed by atoms with van der Waals surface area (Å²) in [5.41, 5.74) is 0.556. The Hall–Kier alpha value is -0.960. The van der Waals surface area contributed by atoms with Gasteiger partial charge in [-0.15, -0.1) is 0 Å². The zero-order valence-corrected chi connectivity index (χ0v) is 11.8. The van der Waals surface area contributed by atoms with Crippen molar-refractivity contribution >= 4 is 10.0 Å². The van der Waals surface area contributed by atoms with E-state index in [1.54, 1.807) is 14.0 Å². The average molecular weight is 289 g/mol. The van der Waals surface area contributed by atoms with Gasteiger partial charge in [-0.2, -0.15) is 5.10 Å². The van der Waals surface area contributed by atoms with Crippen molar-refractivity contribution in [2.24, 2.45) is 0 Å². The molecule has 3 N–H and O–H groups in total. The van der Waals surface area contributed by atoms with E-state index < -0.39 is 16.6 Å². The quantitative estimate of drug-likeness (QED) is 0.711. The van der Waals surface area contributed by atoms with Gasteiger partial charge in [-0.3, -0.25) is 5.10 Å². The Morgan fingerprint density at radius 1 is 1.53 bits per heavy atom. The van der Waals surface area contributed by atoms with Crippen molar-refractivity contribution in [1.29, 1.82) is 0 Å². The highest BCUT2D eigenvalue weighted by atomic mass is 32.2. The van der Waals surface area contributed by atoms with Crippen LogP contribution in [-0.4, -0.2) is 43.0 Å². The third-order valence-corrected chi connectivity index (χ3v) is 5.13. The minimum Gasteiger partial charge on any atom is -0.390 e. The summed E-state index contributed by atoms with van der Waals surface area (Å²) >= 11 is 0. The maximum atomic E-state index is 12.4.